The lowest BCUT2D eigenvalue weighted by atomic mass is 10.3. The summed E-state index contributed by atoms with van der Waals surface area (Å²) in [6.07, 6.45) is 0.597. The van der Waals surface area contributed by atoms with Crippen LogP contribution in [0.3, 0.4) is 0 Å². The molecule has 0 aliphatic carbocycles. The van der Waals surface area contributed by atoms with Gasteiger partial charge in [0, 0.05) is 19.4 Å². The number of aromatic nitrogens is 2. The minimum Gasteiger partial charge on any atom is -0.387 e. The molecule has 1 heterocycles. The monoisotopic (exact) mass is 244 g/mol. The highest BCUT2D eigenvalue weighted by molar-refractivity contribution is 7.79. The van der Waals surface area contributed by atoms with Gasteiger partial charge in [0.1, 0.15) is 10.0 Å². The average Bonchev–Trinajstić information content (AvgIpc) is 2.62. The third-order valence-corrected chi connectivity index (χ3v) is 3.06. The molecule has 0 fully saturated rings. The third kappa shape index (κ3) is 4.74. The van der Waals surface area contributed by atoms with E-state index < -0.39 is 6.10 Å². The van der Waals surface area contributed by atoms with E-state index >= 15 is 0 Å². The molecule has 1 radical (unpaired) electrons. The molecular weight excluding hydrogens is 230 g/mol. The minimum atomic E-state index is -0.713. The molecule has 1 unspecified atom stereocenters. The summed E-state index contributed by atoms with van der Waals surface area (Å²) in [5.74, 6) is 0. The highest BCUT2D eigenvalue weighted by Gasteiger charge is 2.08. The number of hydrogen-bond donors (Lipinski definition) is 1. The second-order valence-corrected chi connectivity index (χ2v) is 4.86. The molecule has 1 N–H and O–H groups in total. The second kappa shape index (κ2) is 6.22. The summed E-state index contributed by atoms with van der Waals surface area (Å²) in [5, 5.41) is 21.4. The van der Waals surface area contributed by atoms with Gasteiger partial charge < -0.3 is 10.0 Å². The highest BCUT2D eigenvalue weighted by atomic mass is 32.1. The van der Waals surface area contributed by atoms with Gasteiger partial charge in [-0.15, -0.1) is 21.5 Å². The van der Waals surface area contributed by atoms with E-state index in [9.17, 15) is 5.11 Å². The molecule has 1 aromatic rings. The van der Waals surface area contributed by atoms with Crippen LogP contribution in [0.1, 0.15) is 10.0 Å². The average molecular weight is 244 g/mol. The maximum Gasteiger partial charge on any atom is 0.120 e. The molecule has 0 aliphatic heterocycles. The molecule has 0 saturated carbocycles. The summed E-state index contributed by atoms with van der Waals surface area (Å²) in [6.45, 7) is 0.955. The van der Waals surface area contributed by atoms with Crippen LogP contribution in [0.15, 0.2) is 0 Å². The van der Waals surface area contributed by atoms with Crippen molar-refractivity contribution in [3.05, 3.63) is 10.0 Å². The lowest BCUT2D eigenvalue weighted by Crippen LogP contribution is -2.14. The van der Waals surface area contributed by atoms with Crippen molar-refractivity contribution in [2.45, 2.75) is 18.9 Å². The Hall–Kier alpha value is -0.430. The van der Waals surface area contributed by atoms with Crippen LogP contribution in [0.25, 0.3) is 0 Å². The smallest absolute Gasteiger partial charge is 0.120 e. The normalized spacial score (nSPS) is 13.1. The molecule has 1 rings (SSSR count). The van der Waals surface area contributed by atoms with Crippen molar-refractivity contribution in [1.82, 2.24) is 15.1 Å². The maximum absolute atomic E-state index is 9.25. The van der Waals surface area contributed by atoms with Gasteiger partial charge in [0.05, 0.1) is 11.5 Å². The number of aliphatic hydroxyl groups is 1. The first-order valence-corrected chi connectivity index (χ1v) is 5.86. The van der Waals surface area contributed by atoms with Crippen molar-refractivity contribution in [2.75, 3.05) is 20.6 Å². The van der Waals surface area contributed by atoms with Gasteiger partial charge in [0.15, 0.2) is 0 Å². The quantitative estimate of drug-likeness (QED) is 0.735. The Kier molecular flexibility index (Phi) is 5.24. The van der Waals surface area contributed by atoms with Crippen LogP contribution in [-0.4, -0.2) is 52.3 Å². The van der Waals surface area contributed by atoms with Crippen LogP contribution in [-0.2, 0) is 12.8 Å². The number of thiocarbonyl (C=S) groups is 1. The zero-order valence-corrected chi connectivity index (χ0v) is 10.4. The van der Waals surface area contributed by atoms with Crippen LogP contribution >= 0.6 is 23.6 Å². The summed E-state index contributed by atoms with van der Waals surface area (Å²) in [4.78, 5) is 2.10. The van der Waals surface area contributed by atoms with Gasteiger partial charge in [-0.25, -0.2) is 0 Å². The number of aliphatic hydroxyl groups excluding tert-OH is 1. The first kappa shape index (κ1) is 12.6. The van der Waals surface area contributed by atoms with Crippen molar-refractivity contribution in [2.24, 2.45) is 0 Å². The fraction of sp³-hybridized carbons (Fsp3) is 0.667. The third-order valence-electron chi connectivity index (χ3n) is 1.79. The van der Waals surface area contributed by atoms with Gasteiger partial charge in [-0.2, -0.15) is 0 Å². The van der Waals surface area contributed by atoms with E-state index in [2.05, 4.69) is 32.7 Å². The predicted molar refractivity (Wildman–Crippen MR) is 64.5 cm³/mol. The molecular formula is C9H14N3OS2. The number of likely N-dealkylation sites (N-methyl/N-ethyl adjacent to an activating group) is 1. The van der Waals surface area contributed by atoms with E-state index in [4.69, 9.17) is 0 Å². The summed E-state index contributed by atoms with van der Waals surface area (Å²) in [5.41, 5.74) is 0. The largest absolute Gasteiger partial charge is 0.387 e. The number of hydrogen-bond acceptors (Lipinski definition) is 6. The Morgan fingerprint density at radius 2 is 2.13 bits per heavy atom. The van der Waals surface area contributed by atoms with Crippen LogP contribution in [0.4, 0.5) is 0 Å². The molecule has 1 atom stereocenters. The van der Waals surface area contributed by atoms with E-state index in [-0.39, 0.29) is 0 Å². The van der Waals surface area contributed by atoms with Crippen molar-refractivity contribution in [3.8, 4) is 0 Å². The SMILES string of the molecule is CN(C)CCc1nnc(CC(O)[C]=S)s1. The van der Waals surface area contributed by atoms with E-state index in [1.807, 2.05) is 14.1 Å². The van der Waals surface area contributed by atoms with Crippen molar-refractivity contribution >= 4 is 28.9 Å². The number of rotatable bonds is 6. The highest BCUT2D eigenvalue weighted by Crippen LogP contribution is 2.12. The van der Waals surface area contributed by atoms with Crippen LogP contribution < -0.4 is 0 Å². The zero-order chi connectivity index (χ0) is 11.3. The molecule has 0 amide bonds. The standard InChI is InChI=1S/C9H14N3OS2/c1-12(2)4-3-8-10-11-9(15-8)5-7(13)6-14/h7,13H,3-5H2,1-2H3. The molecule has 0 saturated heterocycles. The molecule has 6 heteroatoms. The van der Waals surface area contributed by atoms with E-state index in [0.717, 1.165) is 23.0 Å². The Morgan fingerprint density at radius 3 is 2.73 bits per heavy atom. The molecule has 1 aromatic heterocycles. The van der Waals surface area contributed by atoms with Crippen molar-refractivity contribution < 1.29 is 5.11 Å². The van der Waals surface area contributed by atoms with Crippen molar-refractivity contribution in [1.29, 1.82) is 0 Å². The molecule has 0 aliphatic rings. The predicted octanol–water partition coefficient (Wildman–Crippen LogP) is 0.422. The summed E-state index contributed by atoms with van der Waals surface area (Å²) < 4.78 is 0. The van der Waals surface area contributed by atoms with Crippen molar-refractivity contribution in [3.63, 3.8) is 0 Å². The number of nitrogens with zero attached hydrogens (tertiary/aromatic N) is 3. The molecule has 15 heavy (non-hydrogen) atoms. The van der Waals surface area contributed by atoms with E-state index in [0.29, 0.717) is 6.42 Å². The van der Waals surface area contributed by atoms with Gasteiger partial charge in [-0.1, -0.05) is 12.2 Å². The molecule has 83 valence electrons. The van der Waals surface area contributed by atoms with Gasteiger partial charge in [-0.3, -0.25) is 0 Å². The topological polar surface area (TPSA) is 49.2 Å². The van der Waals surface area contributed by atoms with Gasteiger partial charge in [0.25, 0.3) is 0 Å². The summed E-state index contributed by atoms with van der Waals surface area (Å²) >= 11 is 6.04. The lowest BCUT2D eigenvalue weighted by Gasteiger charge is -2.05. The van der Waals surface area contributed by atoms with E-state index in [1.54, 1.807) is 0 Å². The molecule has 4 nitrogen and oxygen atoms in total. The lowest BCUT2D eigenvalue weighted by molar-refractivity contribution is 0.249. The summed E-state index contributed by atoms with van der Waals surface area (Å²) in [7, 11) is 4.04. The van der Waals surface area contributed by atoms with Gasteiger partial charge >= 0.3 is 0 Å². The summed E-state index contributed by atoms with van der Waals surface area (Å²) in [6, 6.07) is 0. The minimum absolute atomic E-state index is 0.420. The first-order chi connectivity index (χ1) is 7.11. The Bertz CT molecular complexity index is 314. The van der Waals surface area contributed by atoms with Crippen LogP contribution in [0.2, 0.25) is 0 Å². The van der Waals surface area contributed by atoms with Gasteiger partial charge in [-0.05, 0) is 14.1 Å². The molecule has 0 aromatic carbocycles. The second-order valence-electron chi connectivity index (χ2n) is 3.48. The Morgan fingerprint density at radius 1 is 1.47 bits per heavy atom. The van der Waals surface area contributed by atoms with Crippen LogP contribution in [0.5, 0.6) is 0 Å². The fourth-order valence-corrected chi connectivity index (χ4v) is 1.95. The molecule has 0 bridgehead atoms. The fourth-order valence-electron chi connectivity index (χ4n) is 0.998. The Balaban J connectivity index is 2.45. The van der Waals surface area contributed by atoms with Gasteiger partial charge in [0.2, 0.25) is 0 Å². The molecule has 0 spiro atoms. The zero-order valence-electron chi connectivity index (χ0n) is 8.80. The van der Waals surface area contributed by atoms with E-state index in [1.165, 1.54) is 11.3 Å². The first-order valence-electron chi connectivity index (χ1n) is 4.63. The van der Waals surface area contributed by atoms with Crippen LogP contribution in [0, 0.1) is 0 Å². The Labute approximate surface area is 98.9 Å². The maximum atomic E-state index is 9.25.